The number of hydrogen-bond donors (Lipinski definition) is 1. The second-order valence-corrected chi connectivity index (χ2v) is 10.5. The SMILES string of the molecule is COc1cc2c(cc1OC)CN(C[C@@H](O)COCC13CC4CC(CC(C4)C1)C3)CC2. The molecule has 4 aliphatic carbocycles. The Morgan fingerprint density at radius 2 is 1.60 bits per heavy atom. The number of fused-ring (bicyclic) bond motifs is 1. The van der Waals surface area contributed by atoms with Crippen molar-refractivity contribution in [2.75, 3.05) is 40.5 Å². The van der Waals surface area contributed by atoms with E-state index in [1.54, 1.807) is 14.2 Å². The first kappa shape index (κ1) is 20.6. The Morgan fingerprint density at radius 3 is 2.20 bits per heavy atom. The highest BCUT2D eigenvalue weighted by molar-refractivity contribution is 5.48. The molecule has 5 nitrogen and oxygen atoms in total. The first-order valence-electron chi connectivity index (χ1n) is 11.8. The van der Waals surface area contributed by atoms with Gasteiger partial charge in [0.25, 0.3) is 0 Å². The monoisotopic (exact) mass is 415 g/mol. The Kier molecular flexibility index (Phi) is 5.72. The van der Waals surface area contributed by atoms with Crippen molar-refractivity contribution in [3.05, 3.63) is 23.3 Å². The zero-order valence-corrected chi connectivity index (χ0v) is 18.6. The van der Waals surface area contributed by atoms with Crippen LogP contribution in [0.3, 0.4) is 0 Å². The van der Waals surface area contributed by atoms with Gasteiger partial charge in [0.1, 0.15) is 0 Å². The van der Waals surface area contributed by atoms with Gasteiger partial charge in [0.05, 0.1) is 33.5 Å². The van der Waals surface area contributed by atoms with Crippen LogP contribution in [-0.4, -0.2) is 56.6 Å². The fourth-order valence-corrected chi connectivity index (χ4v) is 7.33. The summed E-state index contributed by atoms with van der Waals surface area (Å²) in [5, 5.41) is 10.6. The van der Waals surface area contributed by atoms with E-state index in [2.05, 4.69) is 17.0 Å². The van der Waals surface area contributed by atoms with Gasteiger partial charge in [-0.05, 0) is 91.4 Å². The van der Waals surface area contributed by atoms with Crippen LogP contribution in [-0.2, 0) is 17.7 Å². The van der Waals surface area contributed by atoms with Gasteiger partial charge in [-0.15, -0.1) is 0 Å². The van der Waals surface area contributed by atoms with E-state index in [0.29, 0.717) is 18.6 Å². The maximum atomic E-state index is 10.6. The van der Waals surface area contributed by atoms with Crippen molar-refractivity contribution in [3.8, 4) is 11.5 Å². The standard InChI is InChI=1S/C25H37NO4/c1-28-23-8-20-3-4-26(13-21(20)9-24(23)29-2)14-22(27)15-30-16-25-10-17-5-18(11-25)7-19(6-17)12-25/h8-9,17-19,22,27H,3-7,10-16H2,1-2H3/t17?,18?,19?,22-,25?/m1/s1. The van der Waals surface area contributed by atoms with Crippen LogP contribution in [0.15, 0.2) is 12.1 Å². The topological polar surface area (TPSA) is 51.2 Å². The normalized spacial score (nSPS) is 33.4. The number of rotatable bonds is 8. The molecule has 0 saturated heterocycles. The largest absolute Gasteiger partial charge is 0.493 e. The number of methoxy groups -OCH3 is 2. The molecule has 1 aromatic carbocycles. The molecule has 1 heterocycles. The van der Waals surface area contributed by atoms with Crippen LogP contribution in [0.1, 0.15) is 49.7 Å². The lowest BCUT2D eigenvalue weighted by Gasteiger charge is -2.56. The molecule has 5 aliphatic rings. The molecule has 1 atom stereocenters. The fourth-order valence-electron chi connectivity index (χ4n) is 7.33. The van der Waals surface area contributed by atoms with Crippen molar-refractivity contribution in [2.45, 2.75) is 57.6 Å². The molecule has 1 N–H and O–H groups in total. The minimum absolute atomic E-state index is 0.425. The molecule has 0 unspecified atom stereocenters. The molecule has 1 aliphatic heterocycles. The van der Waals surface area contributed by atoms with Gasteiger partial charge in [0.2, 0.25) is 0 Å². The maximum Gasteiger partial charge on any atom is 0.161 e. The predicted molar refractivity (Wildman–Crippen MR) is 116 cm³/mol. The van der Waals surface area contributed by atoms with Gasteiger partial charge in [-0.3, -0.25) is 4.90 Å². The van der Waals surface area contributed by atoms with Crippen LogP contribution >= 0.6 is 0 Å². The number of benzene rings is 1. The average Bonchev–Trinajstić information content (AvgIpc) is 2.71. The van der Waals surface area contributed by atoms with E-state index in [4.69, 9.17) is 14.2 Å². The summed E-state index contributed by atoms with van der Waals surface area (Å²) < 4.78 is 17.0. The lowest BCUT2D eigenvalue weighted by molar-refractivity contribution is -0.107. The molecule has 0 spiro atoms. The number of ether oxygens (including phenoxy) is 3. The molecular formula is C25H37NO4. The molecule has 4 saturated carbocycles. The third-order valence-electron chi connectivity index (χ3n) is 8.15. The van der Waals surface area contributed by atoms with Gasteiger partial charge in [0, 0.05) is 19.6 Å². The fraction of sp³-hybridized carbons (Fsp3) is 0.760. The summed E-state index contributed by atoms with van der Waals surface area (Å²) in [6.07, 6.45) is 9.03. The number of β-amino-alcohol motifs (C(OH)–C–C–N with tert-alkyl or cyclic N) is 1. The van der Waals surface area contributed by atoms with Gasteiger partial charge < -0.3 is 19.3 Å². The summed E-state index contributed by atoms with van der Waals surface area (Å²) in [4.78, 5) is 2.33. The Labute approximate surface area is 180 Å². The molecule has 0 radical (unpaired) electrons. The van der Waals surface area contributed by atoms with Gasteiger partial charge in [-0.2, -0.15) is 0 Å². The highest BCUT2D eigenvalue weighted by atomic mass is 16.5. The molecule has 4 fully saturated rings. The first-order chi connectivity index (χ1) is 14.6. The lowest BCUT2D eigenvalue weighted by Crippen LogP contribution is -2.48. The van der Waals surface area contributed by atoms with Crippen molar-refractivity contribution in [1.82, 2.24) is 4.90 Å². The summed E-state index contributed by atoms with van der Waals surface area (Å²) >= 11 is 0. The second kappa shape index (κ2) is 8.33. The molecule has 166 valence electrons. The van der Waals surface area contributed by atoms with E-state index in [1.165, 1.54) is 49.7 Å². The minimum Gasteiger partial charge on any atom is -0.493 e. The van der Waals surface area contributed by atoms with Crippen molar-refractivity contribution in [1.29, 1.82) is 0 Å². The third-order valence-corrected chi connectivity index (χ3v) is 8.15. The lowest BCUT2D eigenvalue weighted by atomic mass is 9.50. The summed E-state index contributed by atoms with van der Waals surface area (Å²) in [7, 11) is 3.36. The Balaban J connectivity index is 1.11. The number of nitrogens with zero attached hydrogens (tertiary/aromatic N) is 1. The Morgan fingerprint density at radius 1 is 1.00 bits per heavy atom. The zero-order valence-electron chi connectivity index (χ0n) is 18.6. The molecule has 1 aromatic rings. The summed E-state index contributed by atoms with van der Waals surface area (Å²) in [5.74, 6) is 4.43. The molecule has 4 bridgehead atoms. The summed E-state index contributed by atoms with van der Waals surface area (Å²) in [6, 6.07) is 4.17. The molecule has 6 rings (SSSR count). The van der Waals surface area contributed by atoms with Gasteiger partial charge >= 0.3 is 0 Å². The van der Waals surface area contributed by atoms with Crippen LogP contribution in [0.4, 0.5) is 0 Å². The van der Waals surface area contributed by atoms with E-state index in [0.717, 1.165) is 55.4 Å². The molecule has 5 heteroatoms. The molecule has 30 heavy (non-hydrogen) atoms. The smallest absolute Gasteiger partial charge is 0.161 e. The van der Waals surface area contributed by atoms with E-state index in [1.807, 2.05) is 0 Å². The molecular weight excluding hydrogens is 378 g/mol. The highest BCUT2D eigenvalue weighted by Crippen LogP contribution is 2.60. The van der Waals surface area contributed by atoms with Gasteiger partial charge in [0.15, 0.2) is 11.5 Å². The van der Waals surface area contributed by atoms with E-state index in [9.17, 15) is 5.11 Å². The minimum atomic E-state index is -0.430. The van der Waals surface area contributed by atoms with E-state index < -0.39 is 6.10 Å². The van der Waals surface area contributed by atoms with Crippen molar-refractivity contribution in [2.24, 2.45) is 23.2 Å². The van der Waals surface area contributed by atoms with Crippen LogP contribution < -0.4 is 9.47 Å². The second-order valence-electron chi connectivity index (χ2n) is 10.5. The van der Waals surface area contributed by atoms with Crippen LogP contribution in [0.25, 0.3) is 0 Å². The molecule has 0 amide bonds. The number of aliphatic hydroxyl groups is 1. The van der Waals surface area contributed by atoms with Crippen LogP contribution in [0.2, 0.25) is 0 Å². The summed E-state index contributed by atoms with van der Waals surface area (Å²) in [5.41, 5.74) is 3.01. The zero-order chi connectivity index (χ0) is 20.7. The predicted octanol–water partition coefficient (Wildman–Crippen LogP) is 3.66. The maximum absolute atomic E-state index is 10.6. The van der Waals surface area contributed by atoms with Crippen molar-refractivity contribution in [3.63, 3.8) is 0 Å². The van der Waals surface area contributed by atoms with Crippen LogP contribution in [0, 0.1) is 23.2 Å². The average molecular weight is 416 g/mol. The summed E-state index contributed by atoms with van der Waals surface area (Å²) in [6.45, 7) is 3.76. The number of hydrogen-bond acceptors (Lipinski definition) is 5. The molecule has 0 aromatic heterocycles. The Hall–Kier alpha value is -1.30. The van der Waals surface area contributed by atoms with Gasteiger partial charge in [-0.1, -0.05) is 0 Å². The quantitative estimate of drug-likeness (QED) is 0.702. The van der Waals surface area contributed by atoms with Crippen molar-refractivity contribution >= 4 is 0 Å². The Bertz CT molecular complexity index is 728. The van der Waals surface area contributed by atoms with E-state index >= 15 is 0 Å². The third kappa shape index (κ3) is 4.09. The first-order valence-corrected chi connectivity index (χ1v) is 11.8. The highest BCUT2D eigenvalue weighted by Gasteiger charge is 2.50. The van der Waals surface area contributed by atoms with Gasteiger partial charge in [-0.25, -0.2) is 0 Å². The van der Waals surface area contributed by atoms with Crippen LogP contribution in [0.5, 0.6) is 11.5 Å². The van der Waals surface area contributed by atoms with Crippen molar-refractivity contribution < 1.29 is 19.3 Å². The number of aliphatic hydroxyl groups excluding tert-OH is 1. The van der Waals surface area contributed by atoms with E-state index in [-0.39, 0.29) is 0 Å².